The van der Waals surface area contributed by atoms with Crippen molar-refractivity contribution in [3.05, 3.63) is 35.6 Å². The minimum absolute atomic E-state index is 0.127. The van der Waals surface area contributed by atoms with Gasteiger partial charge in [-0.2, -0.15) is 0 Å². The van der Waals surface area contributed by atoms with Crippen LogP contribution in [0.4, 0.5) is 4.39 Å². The predicted molar refractivity (Wildman–Crippen MR) is 80.0 cm³/mol. The van der Waals surface area contributed by atoms with E-state index in [1.165, 1.54) is 44.2 Å². The van der Waals surface area contributed by atoms with Gasteiger partial charge in [-0.3, -0.25) is 10.1 Å². The lowest BCUT2D eigenvalue weighted by atomic mass is 9.83. The zero-order valence-corrected chi connectivity index (χ0v) is 12.5. The molecular weight excluding hydrogens is 267 g/mol. The van der Waals surface area contributed by atoms with E-state index < -0.39 is 0 Å². The second-order valence-electron chi connectivity index (χ2n) is 6.28. The molecule has 1 aliphatic heterocycles. The first-order chi connectivity index (χ1) is 10.2. The highest BCUT2D eigenvalue weighted by Crippen LogP contribution is 2.34. The Morgan fingerprint density at radius 1 is 1.29 bits per heavy atom. The van der Waals surface area contributed by atoms with Gasteiger partial charge in [0, 0.05) is 6.04 Å². The standard InChI is InChI=1S/C17H23FN2O/c1-12(13-6-3-2-4-7-13)20-16(21)11-19-17(20)14-8-5-9-15(18)10-14/h5,8-10,12-13,17,19H,2-4,6-7,11H2,1H3. The highest BCUT2D eigenvalue weighted by Gasteiger charge is 2.38. The largest absolute Gasteiger partial charge is 0.319 e. The first kappa shape index (κ1) is 14.5. The Morgan fingerprint density at radius 3 is 2.76 bits per heavy atom. The van der Waals surface area contributed by atoms with Gasteiger partial charge in [0.05, 0.1) is 6.54 Å². The Kier molecular flexibility index (Phi) is 4.24. The monoisotopic (exact) mass is 290 g/mol. The van der Waals surface area contributed by atoms with E-state index in [9.17, 15) is 9.18 Å². The van der Waals surface area contributed by atoms with Crippen molar-refractivity contribution in [3.63, 3.8) is 0 Å². The Balaban J connectivity index is 1.81. The number of halogens is 1. The summed E-state index contributed by atoms with van der Waals surface area (Å²) in [5.41, 5.74) is 0.837. The molecule has 0 aromatic heterocycles. The summed E-state index contributed by atoms with van der Waals surface area (Å²) in [6, 6.07) is 6.77. The van der Waals surface area contributed by atoms with Gasteiger partial charge in [0.15, 0.2) is 0 Å². The van der Waals surface area contributed by atoms with Crippen molar-refractivity contribution >= 4 is 5.91 Å². The quantitative estimate of drug-likeness (QED) is 0.927. The first-order valence-corrected chi connectivity index (χ1v) is 7.97. The summed E-state index contributed by atoms with van der Waals surface area (Å²) in [5, 5.41) is 3.23. The van der Waals surface area contributed by atoms with E-state index >= 15 is 0 Å². The maximum absolute atomic E-state index is 13.5. The molecular formula is C17H23FN2O. The van der Waals surface area contributed by atoms with Gasteiger partial charge in [-0.25, -0.2) is 4.39 Å². The zero-order valence-electron chi connectivity index (χ0n) is 12.5. The molecule has 2 atom stereocenters. The minimum atomic E-state index is -0.251. The Morgan fingerprint density at radius 2 is 2.05 bits per heavy atom. The molecule has 114 valence electrons. The number of hydrogen-bond donors (Lipinski definition) is 1. The van der Waals surface area contributed by atoms with E-state index in [1.807, 2.05) is 11.0 Å². The molecule has 3 rings (SSSR count). The summed E-state index contributed by atoms with van der Waals surface area (Å²) in [6.45, 7) is 2.49. The molecule has 0 radical (unpaired) electrons. The highest BCUT2D eigenvalue weighted by molar-refractivity contribution is 5.81. The molecule has 1 saturated carbocycles. The third-order valence-corrected chi connectivity index (χ3v) is 4.95. The third-order valence-electron chi connectivity index (χ3n) is 4.95. The van der Waals surface area contributed by atoms with Crippen molar-refractivity contribution in [3.8, 4) is 0 Å². The van der Waals surface area contributed by atoms with Crippen LogP contribution in [-0.2, 0) is 4.79 Å². The van der Waals surface area contributed by atoms with Gasteiger partial charge >= 0.3 is 0 Å². The Bertz CT molecular complexity index is 513. The molecule has 1 aromatic rings. The summed E-state index contributed by atoms with van der Waals surface area (Å²) < 4.78 is 13.5. The van der Waals surface area contributed by atoms with Crippen molar-refractivity contribution in [2.45, 2.75) is 51.2 Å². The van der Waals surface area contributed by atoms with Crippen LogP contribution in [0.25, 0.3) is 0 Å². The van der Waals surface area contributed by atoms with Crippen LogP contribution in [0.1, 0.15) is 50.8 Å². The molecule has 1 N–H and O–H groups in total. The number of carbonyl (C=O) groups excluding carboxylic acids is 1. The van der Waals surface area contributed by atoms with Gasteiger partial charge in [0.25, 0.3) is 0 Å². The number of amides is 1. The van der Waals surface area contributed by atoms with E-state index in [1.54, 1.807) is 6.07 Å². The van der Waals surface area contributed by atoms with Gasteiger partial charge in [-0.1, -0.05) is 31.4 Å². The van der Waals surface area contributed by atoms with E-state index in [0.29, 0.717) is 12.5 Å². The molecule has 1 aliphatic carbocycles. The molecule has 1 aromatic carbocycles. The third kappa shape index (κ3) is 2.95. The number of carbonyl (C=O) groups is 1. The smallest absolute Gasteiger partial charge is 0.238 e. The number of nitrogens with zero attached hydrogens (tertiary/aromatic N) is 1. The van der Waals surface area contributed by atoms with Crippen LogP contribution in [0.5, 0.6) is 0 Å². The van der Waals surface area contributed by atoms with Crippen LogP contribution in [0, 0.1) is 11.7 Å². The van der Waals surface area contributed by atoms with Crippen LogP contribution >= 0.6 is 0 Å². The van der Waals surface area contributed by atoms with Crippen molar-refractivity contribution in [2.75, 3.05) is 6.54 Å². The molecule has 21 heavy (non-hydrogen) atoms. The zero-order chi connectivity index (χ0) is 14.8. The molecule has 3 nitrogen and oxygen atoms in total. The average molecular weight is 290 g/mol. The lowest BCUT2D eigenvalue weighted by Gasteiger charge is -2.37. The van der Waals surface area contributed by atoms with Gasteiger partial charge in [0.1, 0.15) is 12.0 Å². The van der Waals surface area contributed by atoms with Crippen LogP contribution in [0.2, 0.25) is 0 Å². The summed E-state index contributed by atoms with van der Waals surface area (Å²) in [4.78, 5) is 14.2. The lowest BCUT2D eigenvalue weighted by Crippen LogP contribution is -2.42. The van der Waals surface area contributed by atoms with Crippen molar-refractivity contribution in [1.29, 1.82) is 0 Å². The lowest BCUT2D eigenvalue weighted by molar-refractivity contribution is -0.131. The summed E-state index contributed by atoms with van der Waals surface area (Å²) in [5.74, 6) is 0.444. The van der Waals surface area contributed by atoms with Crippen molar-refractivity contribution in [2.24, 2.45) is 5.92 Å². The van der Waals surface area contributed by atoms with Gasteiger partial charge in [-0.05, 0) is 43.4 Å². The topological polar surface area (TPSA) is 32.3 Å². The SMILES string of the molecule is CC(C1CCCCC1)N1C(=O)CNC1c1cccc(F)c1. The molecule has 2 unspecified atom stereocenters. The first-order valence-electron chi connectivity index (χ1n) is 7.97. The molecule has 2 fully saturated rings. The van der Waals surface area contributed by atoms with Crippen LogP contribution in [0.3, 0.4) is 0 Å². The summed E-state index contributed by atoms with van der Waals surface area (Å²) in [7, 11) is 0. The molecule has 0 bridgehead atoms. The Labute approximate surface area is 125 Å². The number of nitrogens with one attached hydrogen (secondary N) is 1. The summed E-state index contributed by atoms with van der Waals surface area (Å²) in [6.07, 6.45) is 6.03. The van der Waals surface area contributed by atoms with Gasteiger partial charge in [-0.15, -0.1) is 0 Å². The maximum Gasteiger partial charge on any atom is 0.238 e. The van der Waals surface area contributed by atoms with Gasteiger partial charge in [0.2, 0.25) is 5.91 Å². The van der Waals surface area contributed by atoms with Crippen molar-refractivity contribution in [1.82, 2.24) is 10.2 Å². The molecule has 2 aliphatic rings. The minimum Gasteiger partial charge on any atom is -0.319 e. The highest BCUT2D eigenvalue weighted by atomic mass is 19.1. The molecule has 1 amide bonds. The van der Waals surface area contributed by atoms with Crippen LogP contribution < -0.4 is 5.32 Å². The number of rotatable bonds is 3. The molecule has 0 spiro atoms. The van der Waals surface area contributed by atoms with E-state index in [0.717, 1.165) is 5.56 Å². The van der Waals surface area contributed by atoms with Crippen molar-refractivity contribution < 1.29 is 9.18 Å². The fourth-order valence-corrected chi connectivity index (χ4v) is 3.78. The fraction of sp³-hybridized carbons (Fsp3) is 0.588. The maximum atomic E-state index is 13.5. The molecule has 1 heterocycles. The fourth-order valence-electron chi connectivity index (χ4n) is 3.78. The summed E-state index contributed by atoms with van der Waals surface area (Å²) >= 11 is 0. The Hall–Kier alpha value is -1.42. The number of hydrogen-bond acceptors (Lipinski definition) is 2. The van der Waals surface area contributed by atoms with Gasteiger partial charge < -0.3 is 4.90 Å². The van der Waals surface area contributed by atoms with E-state index in [2.05, 4.69) is 12.2 Å². The second kappa shape index (κ2) is 6.14. The average Bonchev–Trinajstić information content (AvgIpc) is 2.89. The van der Waals surface area contributed by atoms with E-state index in [4.69, 9.17) is 0 Å². The van der Waals surface area contributed by atoms with Crippen LogP contribution in [-0.4, -0.2) is 23.4 Å². The van der Waals surface area contributed by atoms with Crippen LogP contribution in [0.15, 0.2) is 24.3 Å². The normalized spacial score (nSPS) is 25.3. The predicted octanol–water partition coefficient (Wildman–Crippen LogP) is 3.22. The molecule has 1 saturated heterocycles. The number of benzene rings is 1. The second-order valence-corrected chi connectivity index (χ2v) is 6.28. The van der Waals surface area contributed by atoms with E-state index in [-0.39, 0.29) is 23.9 Å². The molecule has 4 heteroatoms.